The van der Waals surface area contributed by atoms with Crippen LogP contribution >= 0.6 is 0 Å². The van der Waals surface area contributed by atoms with Crippen molar-refractivity contribution in [1.29, 1.82) is 0 Å². The molecule has 0 saturated carbocycles. The number of methoxy groups -OCH3 is 1. The Morgan fingerprint density at radius 3 is 2.69 bits per heavy atom. The van der Waals surface area contributed by atoms with Crippen molar-refractivity contribution in [2.45, 2.75) is 24.9 Å². The standard InChI is InChI=1S/C20H18N4O5/c1-28-15-7-6-14-11-20(9-8-17(25)26,29-16(14)10-15)18(27)12-2-4-13(5-3-12)19-21-23-24-22-19/h2-7,10H,8-9,11H2,1H3,(H,25,26)(H,21,22,23,24). The first-order valence-electron chi connectivity index (χ1n) is 8.97. The number of carbonyl (C=O) groups is 2. The number of benzene rings is 2. The van der Waals surface area contributed by atoms with Crippen molar-refractivity contribution in [3.8, 4) is 22.9 Å². The zero-order chi connectivity index (χ0) is 20.4. The Labute approximate surface area is 165 Å². The normalized spacial score (nSPS) is 17.4. The Kier molecular flexibility index (Phi) is 4.71. The fourth-order valence-electron chi connectivity index (χ4n) is 3.46. The molecular weight excluding hydrogens is 376 g/mol. The number of hydrogen-bond acceptors (Lipinski definition) is 7. The van der Waals surface area contributed by atoms with Gasteiger partial charge in [0.1, 0.15) is 11.5 Å². The lowest BCUT2D eigenvalue weighted by atomic mass is 9.84. The van der Waals surface area contributed by atoms with Crippen LogP contribution in [0.15, 0.2) is 42.5 Å². The van der Waals surface area contributed by atoms with E-state index in [-0.39, 0.29) is 18.6 Å². The van der Waals surface area contributed by atoms with Crippen LogP contribution in [0.3, 0.4) is 0 Å². The quantitative estimate of drug-likeness (QED) is 0.584. The summed E-state index contributed by atoms with van der Waals surface area (Å²) in [4.78, 5) is 24.6. The van der Waals surface area contributed by atoms with Gasteiger partial charge >= 0.3 is 5.97 Å². The van der Waals surface area contributed by atoms with Crippen molar-refractivity contribution in [2.75, 3.05) is 7.11 Å². The molecule has 2 N–H and O–H groups in total. The molecular formula is C20H18N4O5. The number of carboxylic acids is 1. The van der Waals surface area contributed by atoms with E-state index in [1.54, 1.807) is 43.5 Å². The smallest absolute Gasteiger partial charge is 0.303 e. The fraction of sp³-hybridized carbons (Fsp3) is 0.250. The average Bonchev–Trinajstić information content (AvgIpc) is 3.39. The zero-order valence-corrected chi connectivity index (χ0v) is 15.6. The van der Waals surface area contributed by atoms with Crippen LogP contribution < -0.4 is 9.47 Å². The summed E-state index contributed by atoms with van der Waals surface area (Å²) in [6.45, 7) is 0. The van der Waals surface area contributed by atoms with Crippen molar-refractivity contribution in [3.63, 3.8) is 0 Å². The average molecular weight is 394 g/mol. The molecule has 29 heavy (non-hydrogen) atoms. The number of nitrogens with zero attached hydrogens (tertiary/aromatic N) is 3. The summed E-state index contributed by atoms with van der Waals surface area (Å²) in [5.74, 6) is 0.303. The second-order valence-corrected chi connectivity index (χ2v) is 6.78. The van der Waals surface area contributed by atoms with Crippen LogP contribution in [0.1, 0.15) is 28.8 Å². The number of carbonyl (C=O) groups excluding carboxylic acids is 1. The highest BCUT2D eigenvalue weighted by Crippen LogP contribution is 2.41. The van der Waals surface area contributed by atoms with Crippen LogP contribution in [-0.2, 0) is 11.2 Å². The Morgan fingerprint density at radius 1 is 1.24 bits per heavy atom. The summed E-state index contributed by atoms with van der Waals surface area (Å²) in [6.07, 6.45) is 0.174. The number of tetrazole rings is 1. The first kappa shape index (κ1) is 18.6. The van der Waals surface area contributed by atoms with E-state index in [2.05, 4.69) is 20.6 Å². The predicted molar refractivity (Wildman–Crippen MR) is 101 cm³/mol. The molecule has 1 atom stereocenters. The molecule has 0 radical (unpaired) electrons. The van der Waals surface area contributed by atoms with Gasteiger partial charge in [0.2, 0.25) is 11.6 Å². The van der Waals surface area contributed by atoms with Crippen LogP contribution in [0.2, 0.25) is 0 Å². The van der Waals surface area contributed by atoms with Crippen LogP contribution in [-0.4, -0.2) is 50.2 Å². The summed E-state index contributed by atoms with van der Waals surface area (Å²) in [5.41, 5.74) is 0.686. The van der Waals surface area contributed by atoms with Gasteiger partial charge in [0, 0.05) is 36.5 Å². The van der Waals surface area contributed by atoms with Crippen LogP contribution in [0, 0.1) is 0 Å². The van der Waals surface area contributed by atoms with E-state index < -0.39 is 11.6 Å². The molecule has 4 rings (SSSR count). The molecule has 1 unspecified atom stereocenters. The van der Waals surface area contributed by atoms with Gasteiger partial charge in [-0.15, -0.1) is 10.2 Å². The maximum Gasteiger partial charge on any atom is 0.303 e. The van der Waals surface area contributed by atoms with Crippen molar-refractivity contribution in [1.82, 2.24) is 20.6 Å². The highest BCUT2D eigenvalue weighted by Gasteiger charge is 2.46. The van der Waals surface area contributed by atoms with Gasteiger partial charge in [-0.25, -0.2) is 0 Å². The van der Waals surface area contributed by atoms with E-state index in [1.165, 1.54) is 0 Å². The maximum absolute atomic E-state index is 13.4. The SMILES string of the molecule is COc1ccc2c(c1)OC(CCC(=O)O)(C(=O)c1ccc(-c3nn[nH]n3)cc1)C2. The topological polar surface area (TPSA) is 127 Å². The fourth-order valence-corrected chi connectivity index (χ4v) is 3.46. The predicted octanol–water partition coefficient (Wildman–Crippen LogP) is 2.30. The first-order chi connectivity index (χ1) is 14.0. The number of fused-ring (bicyclic) bond motifs is 1. The molecule has 0 fully saturated rings. The first-order valence-corrected chi connectivity index (χ1v) is 8.97. The number of aliphatic carboxylic acids is 1. The van der Waals surface area contributed by atoms with Gasteiger partial charge in [-0.1, -0.05) is 30.3 Å². The minimum Gasteiger partial charge on any atom is -0.497 e. The van der Waals surface area contributed by atoms with Gasteiger partial charge in [-0.2, -0.15) is 5.21 Å². The molecule has 1 aliphatic heterocycles. The van der Waals surface area contributed by atoms with E-state index in [4.69, 9.17) is 9.47 Å². The van der Waals surface area contributed by atoms with Gasteiger partial charge in [0.05, 0.1) is 7.11 Å². The molecule has 0 spiro atoms. The molecule has 0 bridgehead atoms. The Balaban J connectivity index is 1.65. The summed E-state index contributed by atoms with van der Waals surface area (Å²) in [7, 11) is 1.55. The van der Waals surface area contributed by atoms with Crippen LogP contribution in [0.25, 0.3) is 11.4 Å². The second-order valence-electron chi connectivity index (χ2n) is 6.78. The zero-order valence-electron chi connectivity index (χ0n) is 15.6. The van der Waals surface area contributed by atoms with E-state index in [0.29, 0.717) is 34.9 Å². The number of Topliss-reactive ketones (excluding diaryl/α,β-unsaturated/α-hetero) is 1. The van der Waals surface area contributed by atoms with Crippen molar-refractivity contribution >= 4 is 11.8 Å². The molecule has 2 heterocycles. The molecule has 0 amide bonds. The van der Waals surface area contributed by atoms with Crippen molar-refractivity contribution in [2.24, 2.45) is 0 Å². The maximum atomic E-state index is 13.4. The highest BCUT2D eigenvalue weighted by molar-refractivity contribution is 6.04. The molecule has 2 aromatic carbocycles. The van der Waals surface area contributed by atoms with Gasteiger partial charge in [-0.05, 0) is 16.8 Å². The number of rotatable bonds is 7. The molecule has 3 aromatic rings. The molecule has 148 valence electrons. The Morgan fingerprint density at radius 2 is 2.03 bits per heavy atom. The van der Waals surface area contributed by atoms with Gasteiger partial charge in [0.25, 0.3) is 0 Å². The summed E-state index contributed by atoms with van der Waals surface area (Å²) >= 11 is 0. The Bertz CT molecular complexity index is 1050. The van der Waals surface area contributed by atoms with Crippen LogP contribution in [0.5, 0.6) is 11.5 Å². The van der Waals surface area contributed by atoms with E-state index >= 15 is 0 Å². The molecule has 1 aliphatic rings. The largest absolute Gasteiger partial charge is 0.497 e. The number of aromatic nitrogens is 4. The minimum atomic E-state index is -1.28. The number of aromatic amines is 1. The number of H-pyrrole nitrogens is 1. The third kappa shape index (κ3) is 3.54. The number of hydrogen-bond donors (Lipinski definition) is 2. The third-order valence-electron chi connectivity index (χ3n) is 4.96. The van der Waals surface area contributed by atoms with Gasteiger partial charge in [-0.3, -0.25) is 9.59 Å². The summed E-state index contributed by atoms with van der Waals surface area (Å²) in [5, 5.41) is 22.9. The Hall–Kier alpha value is -3.75. The lowest BCUT2D eigenvalue weighted by molar-refractivity contribution is -0.137. The van der Waals surface area contributed by atoms with Crippen LogP contribution in [0.4, 0.5) is 0 Å². The van der Waals surface area contributed by atoms with E-state index in [0.717, 1.165) is 5.56 Å². The van der Waals surface area contributed by atoms with Crippen molar-refractivity contribution < 1.29 is 24.2 Å². The van der Waals surface area contributed by atoms with Crippen molar-refractivity contribution in [3.05, 3.63) is 53.6 Å². The van der Waals surface area contributed by atoms with E-state index in [9.17, 15) is 14.7 Å². The number of ether oxygens (including phenoxy) is 2. The minimum absolute atomic E-state index is 0.0603. The molecule has 9 heteroatoms. The second kappa shape index (κ2) is 7.34. The molecule has 9 nitrogen and oxygen atoms in total. The molecule has 0 aliphatic carbocycles. The number of ketones is 1. The van der Waals surface area contributed by atoms with E-state index in [1.807, 2.05) is 6.07 Å². The molecule has 1 aromatic heterocycles. The lowest BCUT2D eigenvalue weighted by Crippen LogP contribution is -2.44. The number of nitrogens with one attached hydrogen (secondary N) is 1. The van der Waals surface area contributed by atoms with Gasteiger partial charge < -0.3 is 14.6 Å². The van der Waals surface area contributed by atoms with Gasteiger partial charge in [0.15, 0.2) is 5.60 Å². The third-order valence-corrected chi connectivity index (χ3v) is 4.96. The summed E-state index contributed by atoms with van der Waals surface area (Å²) in [6, 6.07) is 12.1. The lowest BCUT2D eigenvalue weighted by Gasteiger charge is -2.27. The summed E-state index contributed by atoms with van der Waals surface area (Å²) < 4.78 is 11.3. The monoisotopic (exact) mass is 394 g/mol. The number of carboxylic acid groups (broad SMARTS) is 1. The molecule has 0 saturated heterocycles. The highest BCUT2D eigenvalue weighted by atomic mass is 16.5.